The van der Waals surface area contributed by atoms with Crippen molar-refractivity contribution in [2.75, 3.05) is 4.90 Å². The van der Waals surface area contributed by atoms with Crippen LogP contribution in [0.4, 0.5) is 17.1 Å². The van der Waals surface area contributed by atoms with Crippen LogP contribution >= 0.6 is 0 Å². The Morgan fingerprint density at radius 2 is 0.769 bits per heavy atom. The molecule has 2 heterocycles. The van der Waals surface area contributed by atoms with Crippen LogP contribution in [0, 0.1) is 0 Å². The zero-order chi connectivity index (χ0) is 42.8. The fraction of sp³-hybridized carbons (Fsp3) is 0. The third-order valence-corrected chi connectivity index (χ3v) is 13.2. The Hall–Kier alpha value is -8.66. The summed E-state index contributed by atoms with van der Waals surface area (Å²) in [6.45, 7) is 0. The SMILES string of the molecule is c1ccc(-n2c3ccccc3c3ccc(-c4cccc(-c5cccc(N(c6ccc7c(ccc8ccccc87)c6)c6cccc7c6c6ccccc6n7-c6ccccc6)c5)c4)cc32)cc1. The third kappa shape index (κ3) is 6.05. The number of aromatic nitrogens is 2. The second kappa shape index (κ2) is 15.0. The van der Waals surface area contributed by atoms with Gasteiger partial charge in [0.15, 0.2) is 0 Å². The molecule has 13 rings (SSSR count). The van der Waals surface area contributed by atoms with Gasteiger partial charge in [-0.3, -0.25) is 0 Å². The van der Waals surface area contributed by atoms with Crippen LogP contribution in [0.1, 0.15) is 0 Å². The van der Waals surface area contributed by atoms with Crippen LogP contribution in [0.25, 0.3) is 98.8 Å². The van der Waals surface area contributed by atoms with E-state index in [0.29, 0.717) is 0 Å². The molecule has 11 aromatic carbocycles. The average molecular weight is 828 g/mol. The summed E-state index contributed by atoms with van der Waals surface area (Å²) in [6.07, 6.45) is 0. The molecule has 304 valence electrons. The van der Waals surface area contributed by atoms with Gasteiger partial charge in [0.25, 0.3) is 0 Å². The Morgan fingerprint density at radius 1 is 0.262 bits per heavy atom. The van der Waals surface area contributed by atoms with Gasteiger partial charge in [0, 0.05) is 44.3 Å². The maximum Gasteiger partial charge on any atom is 0.0562 e. The van der Waals surface area contributed by atoms with Gasteiger partial charge in [0.1, 0.15) is 0 Å². The largest absolute Gasteiger partial charge is 0.310 e. The molecule has 0 aliphatic heterocycles. The Balaban J connectivity index is 0.986. The molecule has 0 aliphatic rings. The van der Waals surface area contributed by atoms with Crippen LogP contribution < -0.4 is 4.90 Å². The molecule has 0 fully saturated rings. The van der Waals surface area contributed by atoms with Crippen molar-refractivity contribution in [1.82, 2.24) is 9.13 Å². The second-order valence-electron chi connectivity index (χ2n) is 16.9. The normalized spacial score (nSPS) is 11.7. The summed E-state index contributed by atoms with van der Waals surface area (Å²) in [7, 11) is 0. The number of fused-ring (bicyclic) bond motifs is 9. The Kier molecular flexibility index (Phi) is 8.53. The van der Waals surface area contributed by atoms with E-state index < -0.39 is 0 Å². The highest BCUT2D eigenvalue weighted by molar-refractivity contribution is 6.17. The lowest BCUT2D eigenvalue weighted by Crippen LogP contribution is -2.10. The molecular formula is C62H41N3. The minimum Gasteiger partial charge on any atom is -0.310 e. The van der Waals surface area contributed by atoms with Gasteiger partial charge in [-0.2, -0.15) is 0 Å². The van der Waals surface area contributed by atoms with Crippen molar-refractivity contribution in [3.63, 3.8) is 0 Å². The van der Waals surface area contributed by atoms with Crippen molar-refractivity contribution in [1.29, 1.82) is 0 Å². The third-order valence-electron chi connectivity index (χ3n) is 13.2. The second-order valence-corrected chi connectivity index (χ2v) is 16.9. The quantitative estimate of drug-likeness (QED) is 0.146. The van der Waals surface area contributed by atoms with E-state index in [-0.39, 0.29) is 0 Å². The van der Waals surface area contributed by atoms with E-state index in [1.165, 1.54) is 76.3 Å². The van der Waals surface area contributed by atoms with Gasteiger partial charge in [-0.1, -0.05) is 164 Å². The number of hydrogen-bond acceptors (Lipinski definition) is 1. The molecule has 3 heteroatoms. The van der Waals surface area contributed by atoms with Crippen LogP contribution in [-0.4, -0.2) is 9.13 Å². The summed E-state index contributed by atoms with van der Waals surface area (Å²) in [4.78, 5) is 2.46. The van der Waals surface area contributed by atoms with Gasteiger partial charge in [-0.25, -0.2) is 0 Å². The summed E-state index contributed by atoms with van der Waals surface area (Å²) in [5.74, 6) is 0. The van der Waals surface area contributed by atoms with E-state index in [1.54, 1.807) is 0 Å². The van der Waals surface area contributed by atoms with Gasteiger partial charge in [0.05, 0.1) is 27.8 Å². The Bertz CT molecular complexity index is 3950. The molecular weight excluding hydrogens is 787 g/mol. The van der Waals surface area contributed by atoms with Crippen molar-refractivity contribution >= 4 is 82.2 Å². The molecule has 0 saturated carbocycles. The first-order valence-electron chi connectivity index (χ1n) is 22.3. The van der Waals surface area contributed by atoms with E-state index in [4.69, 9.17) is 0 Å². The molecule has 0 spiro atoms. The van der Waals surface area contributed by atoms with E-state index in [2.05, 4.69) is 263 Å². The molecule has 0 amide bonds. The van der Waals surface area contributed by atoms with Crippen molar-refractivity contribution < 1.29 is 0 Å². The smallest absolute Gasteiger partial charge is 0.0562 e. The van der Waals surface area contributed by atoms with Gasteiger partial charge in [0.2, 0.25) is 0 Å². The standard InChI is InChI=1S/C62H41N3/c1-3-20-48(21-4-1)64-58-29-12-10-27-56(58)62-59(30-15-31-60(62)64)63(51-35-37-53-47(40-51)33-32-42-16-7-8-25-52(42)53)50-24-14-19-45(39-50)43-17-13-18-44(38-43)46-34-36-55-54-26-9-11-28-57(54)65(61(55)41-46)49-22-5-2-6-23-49/h1-41H. The van der Waals surface area contributed by atoms with Crippen molar-refractivity contribution in [2.45, 2.75) is 0 Å². The fourth-order valence-corrected chi connectivity index (χ4v) is 10.3. The van der Waals surface area contributed by atoms with Crippen molar-refractivity contribution in [2.24, 2.45) is 0 Å². The number of para-hydroxylation sites is 4. The van der Waals surface area contributed by atoms with Crippen LogP contribution in [0.5, 0.6) is 0 Å². The highest BCUT2D eigenvalue weighted by atomic mass is 15.1. The summed E-state index contributed by atoms with van der Waals surface area (Å²) < 4.78 is 4.79. The zero-order valence-corrected chi connectivity index (χ0v) is 35.5. The van der Waals surface area contributed by atoms with Gasteiger partial charge in [-0.15, -0.1) is 0 Å². The average Bonchev–Trinajstić information content (AvgIpc) is 3.90. The van der Waals surface area contributed by atoms with Crippen LogP contribution in [0.2, 0.25) is 0 Å². The summed E-state index contributed by atoms with van der Waals surface area (Å²) in [5, 5.41) is 9.90. The van der Waals surface area contributed by atoms with Crippen LogP contribution in [0.15, 0.2) is 249 Å². The molecule has 0 radical (unpaired) electrons. The first-order chi connectivity index (χ1) is 32.2. The molecule has 0 bridgehead atoms. The highest BCUT2D eigenvalue weighted by Gasteiger charge is 2.22. The van der Waals surface area contributed by atoms with Gasteiger partial charge in [-0.05, 0) is 129 Å². The molecule has 0 atom stereocenters. The molecule has 65 heavy (non-hydrogen) atoms. The minimum atomic E-state index is 1.09. The number of benzene rings is 11. The first-order valence-corrected chi connectivity index (χ1v) is 22.3. The topological polar surface area (TPSA) is 13.1 Å². The van der Waals surface area contributed by atoms with Gasteiger partial charge >= 0.3 is 0 Å². The lowest BCUT2D eigenvalue weighted by Gasteiger charge is -2.27. The van der Waals surface area contributed by atoms with Crippen molar-refractivity contribution in [3.05, 3.63) is 249 Å². The fourth-order valence-electron chi connectivity index (χ4n) is 10.3. The molecule has 0 unspecified atom stereocenters. The summed E-state index contributed by atoms with van der Waals surface area (Å²) >= 11 is 0. The predicted molar refractivity (Wildman–Crippen MR) is 276 cm³/mol. The maximum atomic E-state index is 2.46. The van der Waals surface area contributed by atoms with Crippen molar-refractivity contribution in [3.8, 4) is 33.6 Å². The van der Waals surface area contributed by atoms with E-state index in [1.807, 2.05) is 0 Å². The Labute approximate surface area is 376 Å². The van der Waals surface area contributed by atoms with Crippen LogP contribution in [0.3, 0.4) is 0 Å². The first kappa shape index (κ1) is 36.9. The molecule has 3 nitrogen and oxygen atoms in total. The molecule has 0 aliphatic carbocycles. The predicted octanol–water partition coefficient (Wildman–Crippen LogP) is 17.0. The van der Waals surface area contributed by atoms with Gasteiger partial charge < -0.3 is 14.0 Å². The van der Waals surface area contributed by atoms with E-state index >= 15 is 0 Å². The molecule has 2 aromatic heterocycles. The number of hydrogen-bond donors (Lipinski definition) is 0. The lowest BCUT2D eigenvalue weighted by molar-refractivity contribution is 1.18. The summed E-state index contributed by atoms with van der Waals surface area (Å²) in [5.41, 5.74) is 15.0. The molecule has 0 N–H and O–H groups in total. The van der Waals surface area contributed by atoms with E-state index in [9.17, 15) is 0 Å². The lowest BCUT2D eigenvalue weighted by atomic mass is 9.97. The van der Waals surface area contributed by atoms with E-state index in [0.717, 1.165) is 39.6 Å². The highest BCUT2D eigenvalue weighted by Crippen LogP contribution is 2.46. The maximum absolute atomic E-state index is 2.46. The molecule has 13 aromatic rings. The molecule has 0 saturated heterocycles. The Morgan fingerprint density at radius 3 is 1.54 bits per heavy atom. The zero-order valence-electron chi connectivity index (χ0n) is 35.5. The minimum absolute atomic E-state index is 1.09. The number of anilines is 3. The monoisotopic (exact) mass is 827 g/mol. The van der Waals surface area contributed by atoms with Crippen LogP contribution in [-0.2, 0) is 0 Å². The number of rotatable bonds is 7. The summed E-state index contributed by atoms with van der Waals surface area (Å²) in [6, 6.07) is 90.8. The number of nitrogens with zero attached hydrogens (tertiary/aromatic N) is 3.